The van der Waals surface area contributed by atoms with Gasteiger partial charge >= 0.3 is 5.97 Å². The van der Waals surface area contributed by atoms with Crippen LogP contribution in [0, 0.1) is 0 Å². The smallest absolute Gasteiger partial charge is 0.329 e. The zero-order chi connectivity index (χ0) is 13.2. The lowest BCUT2D eigenvalue weighted by atomic mass is 9.76. The van der Waals surface area contributed by atoms with Gasteiger partial charge in [-0.25, -0.2) is 4.99 Å². The number of esters is 1. The minimum atomic E-state index is -1.53. The van der Waals surface area contributed by atoms with Crippen LogP contribution >= 0.6 is 11.6 Å². The van der Waals surface area contributed by atoms with Crippen LogP contribution in [0.1, 0.15) is 5.56 Å². The minimum Gasteiger partial charge on any atom is -0.468 e. The third-order valence-corrected chi connectivity index (χ3v) is 2.96. The van der Waals surface area contributed by atoms with Crippen molar-refractivity contribution in [3.63, 3.8) is 0 Å². The number of rotatable bonds is 2. The number of hydrogen-bond donors (Lipinski definition) is 0. The van der Waals surface area contributed by atoms with Gasteiger partial charge in [0.2, 0.25) is 0 Å². The Hall–Kier alpha value is -1.94. The first-order chi connectivity index (χ1) is 8.61. The Morgan fingerprint density at radius 3 is 2.56 bits per heavy atom. The average Bonchev–Trinajstić information content (AvgIpc) is 2.39. The predicted molar refractivity (Wildman–Crippen MR) is 67.6 cm³/mol. The summed E-state index contributed by atoms with van der Waals surface area (Å²) in [5.74, 6) is -1.14. The molecule has 1 aromatic rings. The summed E-state index contributed by atoms with van der Waals surface area (Å²) in [4.78, 5) is 28.0. The van der Waals surface area contributed by atoms with Crippen LogP contribution in [0.3, 0.4) is 0 Å². The van der Waals surface area contributed by atoms with Gasteiger partial charge in [0.15, 0.2) is 11.2 Å². The average molecular weight is 264 g/mol. The molecule has 0 aromatic heterocycles. The Labute approximate surface area is 109 Å². The summed E-state index contributed by atoms with van der Waals surface area (Å²) >= 11 is 5.66. The number of allylic oxidation sites excluding steroid dienone is 1. The molecular formula is C13H10ClNO3. The highest BCUT2D eigenvalue weighted by molar-refractivity contribution is 6.36. The summed E-state index contributed by atoms with van der Waals surface area (Å²) in [6, 6.07) is 8.62. The molecule has 0 bridgehead atoms. The van der Waals surface area contributed by atoms with Crippen LogP contribution in [0.15, 0.2) is 46.6 Å². The van der Waals surface area contributed by atoms with Crippen LogP contribution in [-0.4, -0.2) is 25.1 Å². The van der Waals surface area contributed by atoms with Gasteiger partial charge in [-0.2, -0.15) is 0 Å². The maximum absolute atomic E-state index is 12.2. The van der Waals surface area contributed by atoms with E-state index < -0.39 is 17.2 Å². The van der Waals surface area contributed by atoms with Crippen molar-refractivity contribution in [2.24, 2.45) is 4.99 Å². The number of nitrogens with zero attached hydrogens (tertiary/aromatic N) is 1. The quantitative estimate of drug-likeness (QED) is 0.465. The van der Waals surface area contributed by atoms with Crippen LogP contribution in [-0.2, 0) is 19.7 Å². The highest BCUT2D eigenvalue weighted by Crippen LogP contribution is 2.30. The lowest BCUT2D eigenvalue weighted by Gasteiger charge is -2.26. The molecule has 18 heavy (non-hydrogen) atoms. The lowest BCUT2D eigenvalue weighted by Crippen LogP contribution is -2.46. The Kier molecular flexibility index (Phi) is 3.30. The van der Waals surface area contributed by atoms with Crippen molar-refractivity contribution < 1.29 is 14.3 Å². The molecule has 92 valence electrons. The molecule has 1 aliphatic rings. The maximum atomic E-state index is 12.2. The number of hydrogen-bond acceptors (Lipinski definition) is 4. The molecule has 0 saturated carbocycles. The molecular weight excluding hydrogens is 254 g/mol. The van der Waals surface area contributed by atoms with Crippen LogP contribution in [0.25, 0.3) is 0 Å². The van der Waals surface area contributed by atoms with Crippen LogP contribution in [0.2, 0.25) is 0 Å². The molecule has 0 N–H and O–H groups in total. The molecule has 5 heteroatoms. The number of carbonyl (C=O) groups is 2. The van der Waals surface area contributed by atoms with E-state index in [1.807, 2.05) is 0 Å². The number of carbonyl (C=O) groups excluding carboxylic acids is 2. The standard InChI is InChI=1S/C13H10ClNO3/c1-18-12(17)13(9-5-3-2-4-6-9)8-15-11(14)7-10(13)16/h2-8H,1H3/t13-/m1/s1. The van der Waals surface area contributed by atoms with E-state index in [1.165, 1.54) is 13.3 Å². The van der Waals surface area contributed by atoms with Crippen molar-refractivity contribution >= 4 is 29.6 Å². The minimum absolute atomic E-state index is 0.0514. The van der Waals surface area contributed by atoms with Crippen molar-refractivity contribution in [1.82, 2.24) is 0 Å². The van der Waals surface area contributed by atoms with Crippen molar-refractivity contribution in [3.8, 4) is 0 Å². The third kappa shape index (κ3) is 1.84. The molecule has 0 amide bonds. The summed E-state index contributed by atoms with van der Waals surface area (Å²) in [6.45, 7) is 0. The van der Waals surface area contributed by atoms with Gasteiger partial charge in [-0.3, -0.25) is 9.59 Å². The van der Waals surface area contributed by atoms with Gasteiger partial charge in [-0.15, -0.1) is 0 Å². The first-order valence-electron chi connectivity index (χ1n) is 5.22. The molecule has 1 atom stereocenters. The van der Waals surface area contributed by atoms with Gasteiger partial charge in [-0.05, 0) is 5.56 Å². The fourth-order valence-electron chi connectivity index (χ4n) is 1.83. The van der Waals surface area contributed by atoms with Gasteiger partial charge in [0, 0.05) is 12.3 Å². The number of ether oxygens (including phenoxy) is 1. The zero-order valence-electron chi connectivity index (χ0n) is 9.59. The molecule has 4 nitrogen and oxygen atoms in total. The second kappa shape index (κ2) is 4.74. The van der Waals surface area contributed by atoms with E-state index in [1.54, 1.807) is 30.3 Å². The Bertz CT molecular complexity index is 551. The van der Waals surface area contributed by atoms with E-state index >= 15 is 0 Å². The Balaban J connectivity index is 2.61. The van der Waals surface area contributed by atoms with E-state index in [0.717, 1.165) is 6.08 Å². The summed E-state index contributed by atoms with van der Waals surface area (Å²) in [7, 11) is 1.23. The monoisotopic (exact) mass is 263 g/mol. The molecule has 2 rings (SSSR count). The molecule has 0 fully saturated rings. The molecule has 0 radical (unpaired) electrons. The largest absolute Gasteiger partial charge is 0.468 e. The molecule has 0 spiro atoms. The zero-order valence-corrected chi connectivity index (χ0v) is 10.3. The summed E-state index contributed by atoms with van der Waals surface area (Å²) < 4.78 is 4.73. The number of benzene rings is 1. The summed E-state index contributed by atoms with van der Waals surface area (Å²) in [5, 5.41) is 0.0514. The van der Waals surface area contributed by atoms with Gasteiger partial charge < -0.3 is 4.74 Å². The molecule has 0 saturated heterocycles. The van der Waals surface area contributed by atoms with Crippen LogP contribution < -0.4 is 0 Å². The van der Waals surface area contributed by atoms with Gasteiger partial charge in [0.05, 0.1) is 7.11 Å². The van der Waals surface area contributed by atoms with Crippen molar-refractivity contribution in [2.75, 3.05) is 7.11 Å². The van der Waals surface area contributed by atoms with Gasteiger partial charge in [-0.1, -0.05) is 41.9 Å². The van der Waals surface area contributed by atoms with Gasteiger partial charge in [0.1, 0.15) is 5.16 Å². The van der Waals surface area contributed by atoms with E-state index in [4.69, 9.17) is 16.3 Å². The fraction of sp³-hybridized carbons (Fsp3) is 0.154. The normalized spacial score (nSPS) is 22.6. The number of aliphatic imine (C=N–C) groups is 1. The van der Waals surface area contributed by atoms with Crippen molar-refractivity contribution in [1.29, 1.82) is 0 Å². The lowest BCUT2D eigenvalue weighted by molar-refractivity contribution is -0.147. The second-order valence-corrected chi connectivity index (χ2v) is 4.14. The summed E-state index contributed by atoms with van der Waals surface area (Å²) in [5.41, 5.74) is -1.03. The van der Waals surface area contributed by atoms with E-state index in [-0.39, 0.29) is 5.16 Å². The molecule has 0 unspecified atom stereocenters. The van der Waals surface area contributed by atoms with Crippen LogP contribution in [0.4, 0.5) is 0 Å². The van der Waals surface area contributed by atoms with E-state index in [9.17, 15) is 9.59 Å². The maximum Gasteiger partial charge on any atom is 0.329 e. The van der Waals surface area contributed by atoms with Crippen molar-refractivity contribution in [3.05, 3.63) is 47.1 Å². The highest BCUT2D eigenvalue weighted by atomic mass is 35.5. The molecule has 1 heterocycles. The third-order valence-electron chi connectivity index (χ3n) is 2.76. The summed E-state index contributed by atoms with van der Waals surface area (Å²) in [6.07, 6.45) is 2.37. The van der Waals surface area contributed by atoms with Gasteiger partial charge in [0.25, 0.3) is 0 Å². The first-order valence-corrected chi connectivity index (χ1v) is 5.60. The highest BCUT2D eigenvalue weighted by Gasteiger charge is 2.47. The Morgan fingerprint density at radius 2 is 2.00 bits per heavy atom. The molecule has 0 aliphatic carbocycles. The number of methoxy groups -OCH3 is 1. The molecule has 1 aliphatic heterocycles. The predicted octanol–water partition coefficient (Wildman–Crippen LogP) is 1.83. The Morgan fingerprint density at radius 1 is 1.33 bits per heavy atom. The topological polar surface area (TPSA) is 55.7 Å². The van der Waals surface area contributed by atoms with E-state index in [2.05, 4.69) is 4.99 Å². The van der Waals surface area contributed by atoms with E-state index in [0.29, 0.717) is 5.56 Å². The first kappa shape index (κ1) is 12.5. The van der Waals surface area contributed by atoms with Crippen molar-refractivity contribution in [2.45, 2.75) is 5.41 Å². The fourth-order valence-corrected chi connectivity index (χ4v) is 1.98. The SMILES string of the molecule is COC(=O)[C@@]1(c2ccccc2)C=NC(Cl)=CC1=O. The van der Waals surface area contributed by atoms with Crippen LogP contribution in [0.5, 0.6) is 0 Å². The second-order valence-electron chi connectivity index (χ2n) is 3.76. The molecule has 1 aromatic carbocycles. The number of halogens is 1. The number of ketones is 1.